The Morgan fingerprint density at radius 3 is 2.56 bits per heavy atom. The highest BCUT2D eigenvalue weighted by Gasteiger charge is 2.09. The first kappa shape index (κ1) is 16.6. The van der Waals surface area contributed by atoms with Gasteiger partial charge in [0.25, 0.3) is 0 Å². The lowest BCUT2D eigenvalue weighted by molar-refractivity contribution is 0.240. The van der Waals surface area contributed by atoms with Gasteiger partial charge in [0.15, 0.2) is 5.82 Å². The molecule has 2 amide bonds. The second-order valence-corrected chi connectivity index (χ2v) is 5.69. The molecule has 0 bridgehead atoms. The van der Waals surface area contributed by atoms with Gasteiger partial charge >= 0.3 is 6.03 Å². The Labute approximate surface area is 146 Å². The average Bonchev–Trinajstić information content (AvgIpc) is 3.10. The molecule has 2 N–H and O–H groups in total. The predicted octanol–water partition coefficient (Wildman–Crippen LogP) is 2.01. The van der Waals surface area contributed by atoms with Crippen LogP contribution in [0.15, 0.2) is 54.6 Å². The summed E-state index contributed by atoms with van der Waals surface area (Å²) in [6, 6.07) is 17.6. The smallest absolute Gasteiger partial charge is 0.315 e. The fourth-order valence-electron chi connectivity index (χ4n) is 2.39. The van der Waals surface area contributed by atoms with Gasteiger partial charge in [0.05, 0.1) is 12.2 Å². The quantitative estimate of drug-likeness (QED) is 0.721. The van der Waals surface area contributed by atoms with E-state index in [-0.39, 0.29) is 12.6 Å². The zero-order chi connectivity index (χ0) is 17.5. The van der Waals surface area contributed by atoms with Crippen molar-refractivity contribution < 1.29 is 4.79 Å². The molecule has 0 aliphatic rings. The molecule has 1 aromatic heterocycles. The van der Waals surface area contributed by atoms with Gasteiger partial charge in [0.1, 0.15) is 0 Å². The minimum Gasteiger partial charge on any atom is -0.338 e. The van der Waals surface area contributed by atoms with Crippen molar-refractivity contribution in [1.82, 2.24) is 30.8 Å². The Hall–Kier alpha value is -3.22. The summed E-state index contributed by atoms with van der Waals surface area (Å²) in [4.78, 5) is 11.9. The minimum absolute atomic E-state index is 0.241. The lowest BCUT2D eigenvalue weighted by Crippen LogP contribution is -2.36. The number of nitrogens with one attached hydrogen (secondary N) is 2. The van der Waals surface area contributed by atoms with Crippen LogP contribution >= 0.6 is 0 Å². The first-order valence-electron chi connectivity index (χ1n) is 8.12. The Bertz CT molecular complexity index is 813. The van der Waals surface area contributed by atoms with Gasteiger partial charge in [0.2, 0.25) is 0 Å². The maximum atomic E-state index is 11.9. The first-order chi connectivity index (χ1) is 12.2. The van der Waals surface area contributed by atoms with Gasteiger partial charge in [-0.05, 0) is 41.5 Å². The van der Waals surface area contributed by atoms with Crippen molar-refractivity contribution in [2.75, 3.05) is 6.54 Å². The van der Waals surface area contributed by atoms with Crippen LogP contribution in [-0.4, -0.2) is 32.8 Å². The normalized spacial score (nSPS) is 10.4. The zero-order valence-electron chi connectivity index (χ0n) is 14.0. The number of urea groups is 1. The number of hydrogen-bond donors (Lipinski definition) is 2. The highest BCUT2D eigenvalue weighted by atomic mass is 16.2. The number of hydrogen-bond acceptors (Lipinski definition) is 4. The van der Waals surface area contributed by atoms with E-state index >= 15 is 0 Å². The van der Waals surface area contributed by atoms with Crippen LogP contribution in [-0.2, 0) is 13.0 Å². The Morgan fingerprint density at radius 2 is 1.80 bits per heavy atom. The summed E-state index contributed by atoms with van der Waals surface area (Å²) in [5.41, 5.74) is 3.21. The fourth-order valence-corrected chi connectivity index (χ4v) is 2.39. The molecule has 0 saturated carbocycles. The lowest BCUT2D eigenvalue weighted by atomic mass is 10.1. The Morgan fingerprint density at radius 1 is 1.04 bits per heavy atom. The fraction of sp³-hybridized carbons (Fsp3) is 0.222. The lowest BCUT2D eigenvalue weighted by Gasteiger charge is -2.08. The van der Waals surface area contributed by atoms with Gasteiger partial charge < -0.3 is 10.6 Å². The van der Waals surface area contributed by atoms with Crippen molar-refractivity contribution in [2.45, 2.75) is 19.9 Å². The molecule has 0 unspecified atom stereocenters. The van der Waals surface area contributed by atoms with E-state index in [4.69, 9.17) is 0 Å². The molecular formula is C18H20N6O. The number of aryl methyl sites for hydroxylation is 1. The van der Waals surface area contributed by atoms with Crippen LogP contribution in [0.3, 0.4) is 0 Å². The molecule has 0 atom stereocenters. The zero-order valence-corrected chi connectivity index (χ0v) is 14.0. The van der Waals surface area contributed by atoms with Crippen molar-refractivity contribution in [2.24, 2.45) is 0 Å². The van der Waals surface area contributed by atoms with Crippen LogP contribution in [0, 0.1) is 6.92 Å². The summed E-state index contributed by atoms with van der Waals surface area (Å²) in [5, 5.41) is 17.3. The van der Waals surface area contributed by atoms with Crippen molar-refractivity contribution >= 4 is 6.03 Å². The van der Waals surface area contributed by atoms with E-state index in [1.165, 1.54) is 5.56 Å². The number of amides is 2. The largest absolute Gasteiger partial charge is 0.338 e. The minimum atomic E-state index is -0.241. The van der Waals surface area contributed by atoms with Crippen molar-refractivity contribution in [3.05, 3.63) is 71.5 Å². The number of aromatic nitrogens is 4. The number of tetrazole rings is 1. The molecule has 0 spiro atoms. The van der Waals surface area contributed by atoms with Crippen molar-refractivity contribution in [3.63, 3.8) is 0 Å². The molecule has 3 rings (SSSR count). The third-order valence-electron chi connectivity index (χ3n) is 3.76. The van der Waals surface area contributed by atoms with Gasteiger partial charge in [-0.2, -0.15) is 4.68 Å². The number of carbonyl (C=O) groups excluding carboxylic acids is 1. The Kier molecular flexibility index (Phi) is 5.36. The van der Waals surface area contributed by atoms with Gasteiger partial charge in [0, 0.05) is 6.54 Å². The number of carbonyl (C=O) groups is 1. The van der Waals surface area contributed by atoms with E-state index in [2.05, 4.69) is 26.2 Å². The molecule has 7 nitrogen and oxygen atoms in total. The van der Waals surface area contributed by atoms with Crippen molar-refractivity contribution in [3.8, 4) is 5.69 Å². The summed E-state index contributed by atoms with van der Waals surface area (Å²) in [6.45, 7) is 2.84. The molecule has 1 heterocycles. The van der Waals surface area contributed by atoms with Gasteiger partial charge in [-0.1, -0.05) is 48.0 Å². The van der Waals surface area contributed by atoms with E-state index < -0.39 is 0 Å². The van der Waals surface area contributed by atoms with Crippen LogP contribution in [0.5, 0.6) is 0 Å². The summed E-state index contributed by atoms with van der Waals surface area (Å²) < 4.78 is 1.61. The summed E-state index contributed by atoms with van der Waals surface area (Å²) >= 11 is 0. The molecular weight excluding hydrogens is 316 g/mol. The molecule has 0 aliphatic heterocycles. The second kappa shape index (κ2) is 8.05. The van der Waals surface area contributed by atoms with Gasteiger partial charge in [-0.3, -0.25) is 0 Å². The standard InChI is InChI=1S/C18H20N6O/c1-14-7-9-16(10-8-14)24-17(21-22-23-24)13-20-18(25)19-12-11-15-5-3-2-4-6-15/h2-10H,11-13H2,1H3,(H2,19,20,25). The molecule has 128 valence electrons. The first-order valence-corrected chi connectivity index (χ1v) is 8.12. The maximum absolute atomic E-state index is 11.9. The third kappa shape index (κ3) is 4.63. The number of rotatable bonds is 6. The average molecular weight is 336 g/mol. The molecule has 0 radical (unpaired) electrons. The van der Waals surface area contributed by atoms with Crippen LogP contribution in [0.4, 0.5) is 4.79 Å². The van der Waals surface area contributed by atoms with Gasteiger partial charge in [-0.25, -0.2) is 4.79 Å². The van der Waals surface area contributed by atoms with E-state index in [1.54, 1.807) is 4.68 Å². The molecule has 3 aromatic rings. The highest BCUT2D eigenvalue weighted by molar-refractivity contribution is 5.73. The molecule has 0 fully saturated rings. The van der Waals surface area contributed by atoms with Crippen LogP contribution in [0.1, 0.15) is 17.0 Å². The van der Waals surface area contributed by atoms with Crippen molar-refractivity contribution in [1.29, 1.82) is 0 Å². The maximum Gasteiger partial charge on any atom is 0.315 e. The molecule has 0 saturated heterocycles. The van der Waals surface area contributed by atoms with Gasteiger partial charge in [-0.15, -0.1) is 5.10 Å². The highest BCUT2D eigenvalue weighted by Crippen LogP contribution is 2.09. The van der Waals surface area contributed by atoms with Crippen LogP contribution < -0.4 is 10.6 Å². The summed E-state index contributed by atoms with van der Waals surface area (Å²) in [7, 11) is 0. The van der Waals surface area contributed by atoms with Crippen LogP contribution in [0.25, 0.3) is 5.69 Å². The topological polar surface area (TPSA) is 84.7 Å². The second-order valence-electron chi connectivity index (χ2n) is 5.69. The number of benzene rings is 2. The summed E-state index contributed by atoms with van der Waals surface area (Å²) in [6.07, 6.45) is 0.787. The van der Waals surface area contributed by atoms with E-state index in [0.717, 1.165) is 17.7 Å². The molecule has 25 heavy (non-hydrogen) atoms. The molecule has 0 aliphatic carbocycles. The van der Waals surface area contributed by atoms with E-state index in [1.807, 2.05) is 61.5 Å². The monoisotopic (exact) mass is 336 g/mol. The third-order valence-corrected chi connectivity index (χ3v) is 3.76. The van der Waals surface area contributed by atoms with E-state index in [9.17, 15) is 4.79 Å². The SMILES string of the molecule is Cc1ccc(-n2nnnc2CNC(=O)NCCc2ccccc2)cc1. The summed E-state index contributed by atoms with van der Waals surface area (Å²) in [5.74, 6) is 0.571. The molecule has 7 heteroatoms. The molecule has 2 aromatic carbocycles. The van der Waals surface area contributed by atoms with Crippen LogP contribution in [0.2, 0.25) is 0 Å². The van der Waals surface area contributed by atoms with E-state index in [0.29, 0.717) is 12.4 Å². The predicted molar refractivity (Wildman–Crippen MR) is 94.3 cm³/mol. The number of nitrogens with zero attached hydrogens (tertiary/aromatic N) is 4. The Balaban J connectivity index is 1.49.